The summed E-state index contributed by atoms with van der Waals surface area (Å²) in [7, 11) is 0. The van der Waals surface area contributed by atoms with Crippen LogP contribution < -0.4 is 0 Å². The molecule has 1 fully saturated rings. The molecule has 1 heterocycles. The summed E-state index contributed by atoms with van der Waals surface area (Å²) in [5, 5.41) is 10.8. The maximum atomic E-state index is 12.4. The van der Waals surface area contributed by atoms with Gasteiger partial charge in [0.1, 0.15) is 0 Å². The highest BCUT2D eigenvalue weighted by Gasteiger charge is 2.36. The van der Waals surface area contributed by atoms with Gasteiger partial charge >= 0.3 is 0 Å². The third kappa shape index (κ3) is 2.88. The fraction of sp³-hybridized carbons (Fsp3) is 0.500. The van der Waals surface area contributed by atoms with Crippen LogP contribution in [0.15, 0.2) is 18.2 Å². The number of hydrogen-bond acceptors (Lipinski definition) is 2. The summed E-state index contributed by atoms with van der Waals surface area (Å²) >= 11 is 12.0. The third-order valence-corrected chi connectivity index (χ3v) is 4.73. The van der Waals surface area contributed by atoms with E-state index in [9.17, 15) is 9.90 Å². The van der Waals surface area contributed by atoms with Crippen molar-refractivity contribution in [2.75, 3.05) is 13.1 Å². The van der Waals surface area contributed by atoms with Gasteiger partial charge in [0.15, 0.2) is 0 Å². The van der Waals surface area contributed by atoms with Gasteiger partial charge in [0.2, 0.25) is 0 Å². The van der Waals surface area contributed by atoms with Crippen molar-refractivity contribution in [3.8, 4) is 0 Å². The van der Waals surface area contributed by atoms with Crippen molar-refractivity contribution in [3.05, 3.63) is 33.8 Å². The zero-order valence-corrected chi connectivity index (χ0v) is 12.5. The van der Waals surface area contributed by atoms with Gasteiger partial charge in [-0.3, -0.25) is 4.79 Å². The number of benzene rings is 1. The normalized spacial score (nSPS) is 27.4. The van der Waals surface area contributed by atoms with Crippen LogP contribution in [0.25, 0.3) is 0 Å². The topological polar surface area (TPSA) is 40.5 Å². The number of hydrogen-bond donors (Lipinski definition) is 1. The highest BCUT2D eigenvalue weighted by Crippen LogP contribution is 2.31. The number of amides is 1. The van der Waals surface area contributed by atoms with Crippen LogP contribution in [0, 0.1) is 5.92 Å². The lowest BCUT2D eigenvalue weighted by Gasteiger charge is -2.41. The molecule has 104 valence electrons. The minimum atomic E-state index is -0.713. The zero-order valence-electron chi connectivity index (χ0n) is 11.0. The first kappa shape index (κ1) is 14.6. The first-order valence-electron chi connectivity index (χ1n) is 6.28. The molecule has 0 saturated carbocycles. The van der Waals surface area contributed by atoms with E-state index in [1.165, 1.54) is 0 Å². The van der Waals surface area contributed by atoms with E-state index in [-0.39, 0.29) is 11.8 Å². The van der Waals surface area contributed by atoms with Crippen molar-refractivity contribution in [1.82, 2.24) is 4.90 Å². The van der Waals surface area contributed by atoms with E-state index >= 15 is 0 Å². The molecule has 1 aromatic carbocycles. The standard InChI is InChI=1S/C14H17Cl2NO2/c1-9-8-17(7-6-14(9,2)19)13(18)10-4-3-5-11(15)12(10)16/h3-5,9,19H,6-8H2,1-2H3/t9-,14+/m1/s1. The Labute approximate surface area is 123 Å². The molecule has 1 amide bonds. The number of halogens is 2. The number of rotatable bonds is 1. The number of carbonyl (C=O) groups excluding carboxylic acids is 1. The molecular formula is C14H17Cl2NO2. The zero-order chi connectivity index (χ0) is 14.2. The van der Waals surface area contributed by atoms with Gasteiger partial charge in [-0.05, 0) is 25.5 Å². The molecule has 1 aliphatic heterocycles. The first-order valence-corrected chi connectivity index (χ1v) is 7.04. The van der Waals surface area contributed by atoms with E-state index in [4.69, 9.17) is 23.2 Å². The number of piperidine rings is 1. The number of nitrogens with zero attached hydrogens (tertiary/aromatic N) is 1. The smallest absolute Gasteiger partial charge is 0.255 e. The maximum Gasteiger partial charge on any atom is 0.255 e. The van der Waals surface area contributed by atoms with E-state index in [0.29, 0.717) is 35.1 Å². The SMILES string of the molecule is C[C@@H]1CN(C(=O)c2cccc(Cl)c2Cl)CC[C@]1(C)O. The first-order chi connectivity index (χ1) is 8.83. The van der Waals surface area contributed by atoms with Crippen molar-refractivity contribution in [2.45, 2.75) is 25.9 Å². The lowest BCUT2D eigenvalue weighted by atomic mass is 9.84. The summed E-state index contributed by atoms with van der Waals surface area (Å²) in [6.07, 6.45) is 0.568. The molecule has 2 rings (SSSR count). The molecule has 0 radical (unpaired) electrons. The summed E-state index contributed by atoms with van der Waals surface area (Å²) in [4.78, 5) is 14.2. The van der Waals surface area contributed by atoms with Crippen LogP contribution >= 0.6 is 23.2 Å². The molecule has 3 nitrogen and oxygen atoms in total. The molecule has 1 N–H and O–H groups in total. The van der Waals surface area contributed by atoms with Crippen LogP contribution in [0.5, 0.6) is 0 Å². The predicted molar refractivity (Wildman–Crippen MR) is 76.8 cm³/mol. The Morgan fingerprint density at radius 3 is 2.79 bits per heavy atom. The van der Waals surface area contributed by atoms with Crippen molar-refractivity contribution in [1.29, 1.82) is 0 Å². The van der Waals surface area contributed by atoms with Crippen molar-refractivity contribution in [2.24, 2.45) is 5.92 Å². The molecule has 0 unspecified atom stereocenters. The minimum Gasteiger partial charge on any atom is -0.390 e. The Balaban J connectivity index is 2.20. The molecule has 2 atom stereocenters. The number of likely N-dealkylation sites (tertiary alicyclic amines) is 1. The summed E-state index contributed by atoms with van der Waals surface area (Å²) < 4.78 is 0. The highest BCUT2D eigenvalue weighted by molar-refractivity contribution is 6.43. The molecule has 5 heteroatoms. The Hall–Kier alpha value is -0.770. The summed E-state index contributed by atoms with van der Waals surface area (Å²) in [6, 6.07) is 5.04. The van der Waals surface area contributed by atoms with Crippen LogP contribution in [-0.2, 0) is 0 Å². The van der Waals surface area contributed by atoms with E-state index in [1.54, 1.807) is 23.1 Å². The Bertz CT molecular complexity index is 502. The minimum absolute atomic E-state index is 0.0307. The molecule has 0 spiro atoms. The Morgan fingerprint density at radius 1 is 1.47 bits per heavy atom. The fourth-order valence-corrected chi connectivity index (χ4v) is 2.63. The van der Waals surface area contributed by atoms with Crippen LogP contribution in [0.4, 0.5) is 0 Å². The largest absolute Gasteiger partial charge is 0.390 e. The second-order valence-electron chi connectivity index (χ2n) is 5.36. The Kier molecular flexibility index (Phi) is 4.09. The average Bonchev–Trinajstić information content (AvgIpc) is 2.35. The molecular weight excluding hydrogens is 285 g/mol. The third-order valence-electron chi connectivity index (χ3n) is 3.91. The van der Waals surface area contributed by atoms with Crippen molar-refractivity contribution in [3.63, 3.8) is 0 Å². The lowest BCUT2D eigenvalue weighted by Crippen LogP contribution is -2.50. The van der Waals surface area contributed by atoms with E-state index in [1.807, 2.05) is 13.8 Å². The second-order valence-corrected chi connectivity index (χ2v) is 6.15. The molecule has 1 aromatic rings. The van der Waals surface area contributed by atoms with Crippen LogP contribution in [0.1, 0.15) is 30.6 Å². The summed E-state index contributed by atoms with van der Waals surface area (Å²) in [5.74, 6) is -0.0991. The lowest BCUT2D eigenvalue weighted by molar-refractivity contribution is -0.0439. The maximum absolute atomic E-state index is 12.4. The fourth-order valence-electron chi connectivity index (χ4n) is 2.25. The average molecular weight is 302 g/mol. The van der Waals surface area contributed by atoms with Crippen LogP contribution in [0.3, 0.4) is 0 Å². The monoisotopic (exact) mass is 301 g/mol. The van der Waals surface area contributed by atoms with Gasteiger partial charge in [0.05, 0.1) is 21.2 Å². The van der Waals surface area contributed by atoms with Gasteiger partial charge in [-0.15, -0.1) is 0 Å². The summed E-state index contributed by atoms with van der Waals surface area (Å²) in [5.41, 5.74) is -0.294. The highest BCUT2D eigenvalue weighted by atomic mass is 35.5. The number of carbonyl (C=O) groups is 1. The molecule has 0 aromatic heterocycles. The van der Waals surface area contributed by atoms with Gasteiger partial charge in [-0.25, -0.2) is 0 Å². The van der Waals surface area contributed by atoms with Gasteiger partial charge in [-0.2, -0.15) is 0 Å². The van der Waals surface area contributed by atoms with Gasteiger partial charge in [0.25, 0.3) is 5.91 Å². The van der Waals surface area contributed by atoms with E-state index < -0.39 is 5.60 Å². The van der Waals surface area contributed by atoms with Crippen LogP contribution in [-0.4, -0.2) is 34.6 Å². The molecule has 19 heavy (non-hydrogen) atoms. The van der Waals surface area contributed by atoms with Gasteiger partial charge in [0, 0.05) is 19.0 Å². The van der Waals surface area contributed by atoms with Crippen molar-refractivity contribution >= 4 is 29.1 Å². The molecule has 1 aliphatic rings. The van der Waals surface area contributed by atoms with E-state index in [0.717, 1.165) is 0 Å². The molecule has 1 saturated heterocycles. The van der Waals surface area contributed by atoms with Crippen molar-refractivity contribution < 1.29 is 9.90 Å². The van der Waals surface area contributed by atoms with Gasteiger partial charge in [-0.1, -0.05) is 36.2 Å². The van der Waals surface area contributed by atoms with E-state index in [2.05, 4.69) is 0 Å². The predicted octanol–water partition coefficient (Wildman–Crippen LogP) is 3.23. The number of aliphatic hydroxyl groups is 1. The van der Waals surface area contributed by atoms with Gasteiger partial charge < -0.3 is 10.0 Å². The summed E-state index contributed by atoms with van der Waals surface area (Å²) in [6.45, 7) is 4.80. The quantitative estimate of drug-likeness (QED) is 0.865. The second kappa shape index (κ2) is 5.31. The molecule has 0 bridgehead atoms. The van der Waals surface area contributed by atoms with Crippen LogP contribution in [0.2, 0.25) is 10.0 Å². The Morgan fingerprint density at radius 2 is 2.16 bits per heavy atom. The molecule has 0 aliphatic carbocycles.